The first-order valence-corrected chi connectivity index (χ1v) is 4.39. The second-order valence-corrected chi connectivity index (χ2v) is 3.28. The van der Waals surface area contributed by atoms with E-state index in [2.05, 4.69) is 24.6 Å². The highest BCUT2D eigenvalue weighted by molar-refractivity contribution is 5.84. The maximum Gasteiger partial charge on any atom is 0.0729 e. The maximum atomic E-state index is 4.48. The molecule has 1 nitrogen and oxygen atoms in total. The second kappa shape index (κ2) is 4.04. The van der Waals surface area contributed by atoms with Crippen LogP contribution in [0.5, 0.6) is 0 Å². The Balaban J connectivity index is 3.31. The average molecular weight is 173 g/mol. The van der Waals surface area contributed by atoms with Crippen LogP contribution in [0.1, 0.15) is 25.0 Å². The first kappa shape index (κ1) is 9.72. The lowest BCUT2D eigenvalue weighted by Gasteiger charge is -2.04. The molecule has 0 bridgehead atoms. The molecular weight excluding hydrogens is 158 g/mol. The van der Waals surface area contributed by atoms with Crippen molar-refractivity contribution in [1.29, 1.82) is 0 Å². The molecule has 0 saturated heterocycles. The molecule has 0 fully saturated rings. The van der Waals surface area contributed by atoms with Crippen molar-refractivity contribution in [2.75, 3.05) is 0 Å². The van der Waals surface area contributed by atoms with Gasteiger partial charge < -0.3 is 0 Å². The number of aryl methyl sites for hydroxylation is 1. The van der Waals surface area contributed by atoms with Gasteiger partial charge in [0.2, 0.25) is 0 Å². The third-order valence-electron chi connectivity index (χ3n) is 1.82. The summed E-state index contributed by atoms with van der Waals surface area (Å²) < 4.78 is 0. The van der Waals surface area contributed by atoms with Crippen LogP contribution in [0.4, 0.5) is 5.69 Å². The molecule has 13 heavy (non-hydrogen) atoms. The summed E-state index contributed by atoms with van der Waals surface area (Å²) in [6, 6.07) is 6.12. The van der Waals surface area contributed by atoms with Gasteiger partial charge in [0.25, 0.3) is 0 Å². The summed E-state index contributed by atoms with van der Waals surface area (Å²) >= 11 is 0. The first-order chi connectivity index (χ1) is 6.15. The van der Waals surface area contributed by atoms with Crippen molar-refractivity contribution in [2.24, 2.45) is 4.99 Å². The zero-order valence-electron chi connectivity index (χ0n) is 8.46. The Hall–Kier alpha value is -1.37. The number of hydrogen-bond acceptors (Lipinski definition) is 1. The van der Waals surface area contributed by atoms with E-state index in [1.807, 2.05) is 32.1 Å². The number of benzene rings is 1. The van der Waals surface area contributed by atoms with Crippen molar-refractivity contribution >= 4 is 17.5 Å². The van der Waals surface area contributed by atoms with E-state index in [1.165, 1.54) is 5.56 Å². The molecular formula is C12H15N. The Kier molecular flexibility index (Phi) is 3.02. The first-order valence-electron chi connectivity index (χ1n) is 4.39. The number of para-hydroxylation sites is 1. The van der Waals surface area contributed by atoms with Gasteiger partial charge in [-0.3, -0.25) is 4.99 Å². The summed E-state index contributed by atoms with van der Waals surface area (Å²) in [4.78, 5) is 4.48. The number of hydrogen-bond donors (Lipinski definition) is 0. The second-order valence-electron chi connectivity index (χ2n) is 3.28. The van der Waals surface area contributed by atoms with Gasteiger partial charge in [0.05, 0.1) is 5.69 Å². The van der Waals surface area contributed by atoms with Crippen LogP contribution in [-0.4, -0.2) is 5.71 Å². The third kappa shape index (κ3) is 2.28. The van der Waals surface area contributed by atoms with Crippen LogP contribution in [-0.2, 0) is 0 Å². The minimum absolute atomic E-state index is 1.04. The Morgan fingerprint density at radius 2 is 2.08 bits per heavy atom. The van der Waals surface area contributed by atoms with Gasteiger partial charge in [0, 0.05) is 5.71 Å². The van der Waals surface area contributed by atoms with Crippen molar-refractivity contribution < 1.29 is 0 Å². The molecule has 1 aromatic carbocycles. The molecule has 0 aromatic heterocycles. The molecule has 1 heteroatoms. The molecule has 1 aromatic rings. The van der Waals surface area contributed by atoms with E-state index >= 15 is 0 Å². The number of aliphatic imine (C=N–C) groups is 1. The molecule has 0 heterocycles. The van der Waals surface area contributed by atoms with Crippen molar-refractivity contribution in [3.05, 3.63) is 35.9 Å². The largest absolute Gasteiger partial charge is 0.258 e. The van der Waals surface area contributed by atoms with Gasteiger partial charge in [0.1, 0.15) is 0 Å². The standard InChI is InChI=1S/C12H15N/c1-5-11-8-6-7-10(4)12(11)13-9(2)3/h5-8H,1H2,2-4H3. The van der Waals surface area contributed by atoms with Crippen molar-refractivity contribution in [3.8, 4) is 0 Å². The van der Waals surface area contributed by atoms with Crippen molar-refractivity contribution in [2.45, 2.75) is 20.8 Å². The quantitative estimate of drug-likeness (QED) is 0.604. The Morgan fingerprint density at radius 3 is 2.62 bits per heavy atom. The SMILES string of the molecule is C=Cc1cccc(C)c1N=C(C)C. The van der Waals surface area contributed by atoms with Crippen molar-refractivity contribution in [3.63, 3.8) is 0 Å². The molecule has 0 N–H and O–H groups in total. The van der Waals surface area contributed by atoms with Crippen LogP contribution in [0.25, 0.3) is 6.08 Å². The Bertz CT molecular complexity index is 344. The normalized spacial score (nSPS) is 9.46. The van der Waals surface area contributed by atoms with Gasteiger partial charge in [0.15, 0.2) is 0 Å². The lowest BCUT2D eigenvalue weighted by atomic mass is 10.1. The lowest BCUT2D eigenvalue weighted by Crippen LogP contribution is -1.84. The van der Waals surface area contributed by atoms with E-state index in [0.717, 1.165) is 17.0 Å². The highest BCUT2D eigenvalue weighted by atomic mass is 14.7. The van der Waals surface area contributed by atoms with Crippen LogP contribution >= 0.6 is 0 Å². The van der Waals surface area contributed by atoms with Crippen LogP contribution in [0.15, 0.2) is 29.8 Å². The van der Waals surface area contributed by atoms with Crippen molar-refractivity contribution in [1.82, 2.24) is 0 Å². The van der Waals surface area contributed by atoms with E-state index in [-0.39, 0.29) is 0 Å². The van der Waals surface area contributed by atoms with E-state index in [1.54, 1.807) is 0 Å². The fourth-order valence-electron chi connectivity index (χ4n) is 1.22. The van der Waals surface area contributed by atoms with Crippen LogP contribution in [0.2, 0.25) is 0 Å². The molecule has 0 amide bonds. The Morgan fingerprint density at radius 1 is 1.38 bits per heavy atom. The summed E-state index contributed by atoms with van der Waals surface area (Å²) in [7, 11) is 0. The molecule has 0 radical (unpaired) electrons. The molecule has 0 unspecified atom stereocenters. The molecule has 68 valence electrons. The van der Waals surface area contributed by atoms with Crippen LogP contribution in [0, 0.1) is 6.92 Å². The maximum absolute atomic E-state index is 4.48. The molecule has 1 rings (SSSR count). The fourth-order valence-corrected chi connectivity index (χ4v) is 1.22. The third-order valence-corrected chi connectivity index (χ3v) is 1.82. The summed E-state index contributed by atoms with van der Waals surface area (Å²) in [6.45, 7) is 9.83. The van der Waals surface area contributed by atoms with Gasteiger partial charge in [-0.1, -0.05) is 30.9 Å². The molecule has 0 atom stereocenters. The Labute approximate surface area is 79.8 Å². The van der Waals surface area contributed by atoms with Gasteiger partial charge >= 0.3 is 0 Å². The zero-order valence-corrected chi connectivity index (χ0v) is 8.46. The van der Waals surface area contributed by atoms with Gasteiger partial charge in [-0.2, -0.15) is 0 Å². The predicted octanol–water partition coefficient (Wildman–Crippen LogP) is 3.75. The van der Waals surface area contributed by atoms with Crippen LogP contribution < -0.4 is 0 Å². The molecule has 0 spiro atoms. The summed E-state index contributed by atoms with van der Waals surface area (Å²) in [5, 5.41) is 0. The number of rotatable bonds is 2. The summed E-state index contributed by atoms with van der Waals surface area (Å²) in [6.07, 6.45) is 1.84. The van der Waals surface area contributed by atoms with E-state index in [4.69, 9.17) is 0 Å². The van der Waals surface area contributed by atoms with E-state index in [9.17, 15) is 0 Å². The topological polar surface area (TPSA) is 12.4 Å². The fraction of sp³-hybridized carbons (Fsp3) is 0.250. The minimum Gasteiger partial charge on any atom is -0.258 e. The van der Waals surface area contributed by atoms with Gasteiger partial charge in [-0.15, -0.1) is 0 Å². The van der Waals surface area contributed by atoms with Crippen LogP contribution in [0.3, 0.4) is 0 Å². The van der Waals surface area contributed by atoms with E-state index in [0.29, 0.717) is 0 Å². The zero-order chi connectivity index (χ0) is 9.84. The average Bonchev–Trinajstić information content (AvgIpc) is 2.08. The van der Waals surface area contributed by atoms with Gasteiger partial charge in [-0.25, -0.2) is 0 Å². The summed E-state index contributed by atoms with van der Waals surface area (Å²) in [5.74, 6) is 0. The highest BCUT2D eigenvalue weighted by Crippen LogP contribution is 2.24. The minimum atomic E-state index is 1.04. The molecule has 0 saturated carbocycles. The molecule has 0 aliphatic carbocycles. The lowest BCUT2D eigenvalue weighted by molar-refractivity contribution is 1.37. The molecule has 0 aliphatic heterocycles. The summed E-state index contributed by atoms with van der Waals surface area (Å²) in [5.41, 5.74) is 4.40. The predicted molar refractivity (Wildman–Crippen MR) is 59.7 cm³/mol. The monoisotopic (exact) mass is 173 g/mol. The van der Waals surface area contributed by atoms with E-state index < -0.39 is 0 Å². The number of nitrogens with zero attached hydrogens (tertiary/aromatic N) is 1. The highest BCUT2D eigenvalue weighted by Gasteiger charge is 1.99. The van der Waals surface area contributed by atoms with Gasteiger partial charge in [-0.05, 0) is 31.9 Å². The smallest absolute Gasteiger partial charge is 0.0729 e. The molecule has 0 aliphatic rings.